The van der Waals surface area contributed by atoms with Crippen molar-refractivity contribution in [3.63, 3.8) is 0 Å². The molecule has 0 fully saturated rings. The SMILES string of the molecule is Cc1ccc(-n2c(/C=C/c3coc4ccc(Cl)cc4c3=O)nc3ccccc3c2=O)cc1. The third-order valence-electron chi connectivity index (χ3n) is 5.27. The maximum Gasteiger partial charge on any atom is 0.266 e. The van der Waals surface area contributed by atoms with Crippen molar-refractivity contribution in [2.45, 2.75) is 6.92 Å². The van der Waals surface area contributed by atoms with E-state index in [4.69, 9.17) is 16.0 Å². The second kappa shape index (κ2) is 7.94. The van der Waals surface area contributed by atoms with Gasteiger partial charge in [0.25, 0.3) is 5.56 Å². The maximum atomic E-state index is 13.3. The van der Waals surface area contributed by atoms with Gasteiger partial charge in [-0.15, -0.1) is 0 Å². The first-order valence-electron chi connectivity index (χ1n) is 9.99. The molecule has 0 atom stereocenters. The molecule has 0 radical (unpaired) electrons. The van der Waals surface area contributed by atoms with E-state index in [2.05, 4.69) is 4.98 Å². The zero-order valence-electron chi connectivity index (χ0n) is 17.1. The van der Waals surface area contributed by atoms with Gasteiger partial charge in [0.15, 0.2) is 5.43 Å². The summed E-state index contributed by atoms with van der Waals surface area (Å²) in [5.74, 6) is 0.406. The summed E-state index contributed by atoms with van der Waals surface area (Å²) < 4.78 is 7.13. The minimum Gasteiger partial charge on any atom is -0.463 e. The van der Waals surface area contributed by atoms with E-state index in [1.54, 1.807) is 42.5 Å². The Morgan fingerprint density at radius 3 is 2.53 bits per heavy atom. The summed E-state index contributed by atoms with van der Waals surface area (Å²) in [6.45, 7) is 1.98. The summed E-state index contributed by atoms with van der Waals surface area (Å²) in [7, 11) is 0. The van der Waals surface area contributed by atoms with E-state index >= 15 is 0 Å². The molecule has 156 valence electrons. The lowest BCUT2D eigenvalue weighted by Crippen LogP contribution is -2.22. The highest BCUT2D eigenvalue weighted by molar-refractivity contribution is 6.31. The smallest absolute Gasteiger partial charge is 0.266 e. The first kappa shape index (κ1) is 20.0. The lowest BCUT2D eigenvalue weighted by molar-refractivity contribution is 0.601. The maximum absolute atomic E-state index is 13.3. The van der Waals surface area contributed by atoms with Crippen molar-refractivity contribution in [2.24, 2.45) is 0 Å². The molecule has 0 aliphatic rings. The number of aromatic nitrogens is 2. The molecule has 0 bridgehead atoms. The molecular formula is C26H17ClN2O3. The highest BCUT2D eigenvalue weighted by Crippen LogP contribution is 2.19. The number of rotatable bonds is 3. The van der Waals surface area contributed by atoms with Crippen LogP contribution < -0.4 is 11.0 Å². The van der Waals surface area contributed by atoms with Gasteiger partial charge >= 0.3 is 0 Å². The predicted octanol–water partition coefficient (Wildman–Crippen LogP) is 5.62. The van der Waals surface area contributed by atoms with Crippen LogP contribution in [0.3, 0.4) is 0 Å². The Balaban J connectivity index is 1.71. The fraction of sp³-hybridized carbons (Fsp3) is 0.0385. The van der Waals surface area contributed by atoms with E-state index in [0.29, 0.717) is 44.0 Å². The Hall–Kier alpha value is -3.96. The van der Waals surface area contributed by atoms with Crippen molar-refractivity contribution in [1.29, 1.82) is 0 Å². The van der Waals surface area contributed by atoms with Crippen LogP contribution in [0.15, 0.2) is 87.0 Å². The van der Waals surface area contributed by atoms with Gasteiger partial charge in [0.1, 0.15) is 17.7 Å². The van der Waals surface area contributed by atoms with Crippen molar-refractivity contribution in [3.8, 4) is 5.69 Å². The zero-order valence-corrected chi connectivity index (χ0v) is 17.8. The number of nitrogens with zero attached hydrogens (tertiary/aromatic N) is 2. The second-order valence-corrected chi connectivity index (χ2v) is 7.89. The largest absolute Gasteiger partial charge is 0.463 e. The third kappa shape index (κ3) is 3.53. The Kier molecular flexibility index (Phi) is 4.96. The lowest BCUT2D eigenvalue weighted by atomic mass is 10.1. The minimum absolute atomic E-state index is 0.184. The summed E-state index contributed by atoms with van der Waals surface area (Å²) in [5, 5.41) is 1.36. The van der Waals surface area contributed by atoms with Crippen molar-refractivity contribution in [2.75, 3.05) is 0 Å². The van der Waals surface area contributed by atoms with Gasteiger partial charge in [-0.25, -0.2) is 4.98 Å². The van der Waals surface area contributed by atoms with Gasteiger partial charge in [-0.1, -0.05) is 41.4 Å². The van der Waals surface area contributed by atoms with Crippen LogP contribution in [0.25, 0.3) is 39.7 Å². The normalized spacial score (nSPS) is 11.6. The number of hydrogen-bond acceptors (Lipinski definition) is 4. The lowest BCUT2D eigenvalue weighted by Gasteiger charge is -2.11. The predicted molar refractivity (Wildman–Crippen MR) is 128 cm³/mol. The molecule has 2 heterocycles. The summed E-state index contributed by atoms with van der Waals surface area (Å²) in [6.07, 6.45) is 4.65. The van der Waals surface area contributed by atoms with Crippen LogP contribution in [0.4, 0.5) is 0 Å². The van der Waals surface area contributed by atoms with Crippen molar-refractivity contribution in [1.82, 2.24) is 9.55 Å². The number of halogens is 1. The van der Waals surface area contributed by atoms with Crippen molar-refractivity contribution < 1.29 is 4.42 Å². The van der Waals surface area contributed by atoms with Crippen LogP contribution in [0.2, 0.25) is 5.02 Å². The number of aryl methyl sites for hydroxylation is 1. The molecule has 0 saturated carbocycles. The molecule has 6 heteroatoms. The van der Waals surface area contributed by atoms with Gasteiger partial charge in [0.2, 0.25) is 0 Å². The fourth-order valence-corrected chi connectivity index (χ4v) is 3.77. The van der Waals surface area contributed by atoms with E-state index in [0.717, 1.165) is 5.56 Å². The molecule has 0 unspecified atom stereocenters. The van der Waals surface area contributed by atoms with Crippen LogP contribution in [-0.4, -0.2) is 9.55 Å². The summed E-state index contributed by atoms with van der Waals surface area (Å²) in [5.41, 5.74) is 2.75. The number of fused-ring (bicyclic) bond motifs is 2. The van der Waals surface area contributed by atoms with Crippen LogP contribution in [0, 0.1) is 6.92 Å². The second-order valence-electron chi connectivity index (χ2n) is 7.46. The highest BCUT2D eigenvalue weighted by atomic mass is 35.5. The van der Waals surface area contributed by atoms with Gasteiger partial charge in [-0.2, -0.15) is 0 Å². The van der Waals surface area contributed by atoms with E-state index in [9.17, 15) is 9.59 Å². The molecule has 0 aliphatic heterocycles. The fourth-order valence-electron chi connectivity index (χ4n) is 3.60. The molecule has 32 heavy (non-hydrogen) atoms. The highest BCUT2D eigenvalue weighted by Gasteiger charge is 2.12. The summed E-state index contributed by atoms with van der Waals surface area (Å²) in [6, 6.07) is 19.7. The quantitative estimate of drug-likeness (QED) is 0.365. The average Bonchev–Trinajstić information content (AvgIpc) is 2.80. The van der Waals surface area contributed by atoms with E-state index in [1.165, 1.54) is 10.8 Å². The molecule has 3 aromatic carbocycles. The Labute approximate surface area is 187 Å². The molecule has 2 aromatic heterocycles. The topological polar surface area (TPSA) is 65.1 Å². The van der Waals surface area contributed by atoms with Crippen molar-refractivity contribution >= 4 is 45.6 Å². The first-order chi connectivity index (χ1) is 15.5. The molecule has 0 spiro atoms. The molecule has 5 aromatic rings. The Morgan fingerprint density at radius 2 is 1.72 bits per heavy atom. The third-order valence-corrected chi connectivity index (χ3v) is 5.50. The zero-order chi connectivity index (χ0) is 22.2. The molecule has 0 amide bonds. The monoisotopic (exact) mass is 440 g/mol. The van der Waals surface area contributed by atoms with Crippen LogP contribution in [0.1, 0.15) is 17.0 Å². The van der Waals surface area contributed by atoms with Crippen LogP contribution in [0.5, 0.6) is 0 Å². The number of benzene rings is 3. The first-order valence-corrected chi connectivity index (χ1v) is 10.4. The van der Waals surface area contributed by atoms with Gasteiger partial charge < -0.3 is 4.42 Å². The molecule has 5 rings (SSSR count). The van der Waals surface area contributed by atoms with Crippen LogP contribution in [-0.2, 0) is 0 Å². The van der Waals surface area contributed by atoms with E-state index in [-0.39, 0.29) is 11.0 Å². The van der Waals surface area contributed by atoms with Gasteiger partial charge in [0.05, 0.1) is 27.5 Å². The Bertz CT molecular complexity index is 1630. The van der Waals surface area contributed by atoms with Crippen molar-refractivity contribution in [3.05, 3.63) is 116 Å². The number of hydrogen-bond donors (Lipinski definition) is 0. The minimum atomic E-state index is -0.213. The van der Waals surface area contributed by atoms with E-state index in [1.807, 2.05) is 43.3 Å². The van der Waals surface area contributed by atoms with Gasteiger partial charge in [-0.05, 0) is 61.5 Å². The summed E-state index contributed by atoms with van der Waals surface area (Å²) >= 11 is 6.04. The summed E-state index contributed by atoms with van der Waals surface area (Å²) in [4.78, 5) is 30.9. The Morgan fingerprint density at radius 1 is 0.938 bits per heavy atom. The van der Waals surface area contributed by atoms with Crippen LogP contribution >= 0.6 is 11.6 Å². The molecule has 0 saturated heterocycles. The average molecular weight is 441 g/mol. The molecular weight excluding hydrogens is 424 g/mol. The van der Waals surface area contributed by atoms with E-state index < -0.39 is 0 Å². The molecule has 5 nitrogen and oxygen atoms in total. The van der Waals surface area contributed by atoms with Gasteiger partial charge in [0, 0.05) is 5.02 Å². The molecule has 0 aliphatic carbocycles. The number of para-hydroxylation sites is 1. The van der Waals surface area contributed by atoms with Gasteiger partial charge in [-0.3, -0.25) is 14.2 Å². The standard InChI is InChI=1S/C26H17ClN2O3/c1-16-6-10-19(11-7-16)29-24(28-22-5-3-2-4-20(22)26(29)31)13-8-17-15-32-23-12-9-18(27)14-21(23)25(17)30/h2-15H,1H3/b13-8+. The molecule has 0 N–H and O–H groups in total.